The molecular formula is C32H54O9P2+2. The smallest absolute Gasteiger partial charge is 0.487 e. The van der Waals surface area contributed by atoms with Crippen LogP contribution in [0.3, 0.4) is 0 Å². The van der Waals surface area contributed by atoms with Crippen LogP contribution in [0.15, 0.2) is 6.07 Å². The molecule has 0 radical (unpaired) electrons. The van der Waals surface area contributed by atoms with E-state index in [1.165, 1.54) is 44.9 Å². The van der Waals surface area contributed by atoms with Crippen LogP contribution in [-0.2, 0) is 29.7 Å². The molecule has 0 amide bonds. The maximum Gasteiger partial charge on any atom is 0.598 e. The average molecular weight is 645 g/mol. The van der Waals surface area contributed by atoms with E-state index in [4.69, 9.17) is 20.0 Å². The molecule has 0 aliphatic carbocycles. The van der Waals surface area contributed by atoms with E-state index in [0.717, 1.165) is 60.0 Å². The molecule has 0 fully saturated rings. The van der Waals surface area contributed by atoms with Crippen molar-refractivity contribution >= 4 is 22.0 Å². The van der Waals surface area contributed by atoms with Gasteiger partial charge in [0.2, 0.25) is 0 Å². The molecule has 0 bridgehead atoms. The number of hydrogen-bond donors (Lipinski definition) is 2. The molecule has 1 aliphatic heterocycles. The molecule has 0 saturated heterocycles. The minimum Gasteiger partial charge on any atom is -0.487 e. The van der Waals surface area contributed by atoms with Crippen LogP contribution in [0.1, 0.15) is 128 Å². The second-order valence-electron chi connectivity index (χ2n) is 13.3. The molecule has 2 rings (SSSR count). The van der Waals surface area contributed by atoms with Crippen molar-refractivity contribution in [2.75, 3.05) is 0 Å². The molecule has 0 spiro atoms. The second-order valence-corrected chi connectivity index (χ2v) is 16.4. The number of hydrogen-bond acceptors (Lipinski definition) is 9. The fraction of sp³-hybridized carbons (Fsp3) is 0.781. The van der Waals surface area contributed by atoms with Gasteiger partial charge in [-0.2, -0.15) is 0 Å². The zero-order valence-corrected chi connectivity index (χ0v) is 29.0. The van der Waals surface area contributed by atoms with Gasteiger partial charge in [0.25, 0.3) is 0 Å². The summed E-state index contributed by atoms with van der Waals surface area (Å²) >= 11 is 0. The Morgan fingerprint density at radius 2 is 1.47 bits per heavy atom. The maximum atomic E-state index is 12.6. The summed E-state index contributed by atoms with van der Waals surface area (Å²) < 4.78 is 43.2. The van der Waals surface area contributed by atoms with Crippen molar-refractivity contribution in [2.45, 2.75) is 143 Å². The molecule has 0 aromatic heterocycles. The quantitative estimate of drug-likeness (QED) is 0.0468. The normalized spacial score (nSPS) is 19.3. The van der Waals surface area contributed by atoms with E-state index in [-0.39, 0.29) is 18.4 Å². The van der Waals surface area contributed by atoms with Crippen molar-refractivity contribution in [3.8, 4) is 11.5 Å². The molecule has 5 unspecified atom stereocenters. The fourth-order valence-corrected chi connectivity index (χ4v) is 7.62. The maximum absolute atomic E-state index is 12.6. The van der Waals surface area contributed by atoms with Gasteiger partial charge in [0.15, 0.2) is 0 Å². The highest BCUT2D eigenvalue weighted by Crippen LogP contribution is 2.48. The van der Waals surface area contributed by atoms with Crippen LogP contribution in [0.25, 0.3) is 0 Å². The number of carbonyl (C=O) groups is 1. The summed E-state index contributed by atoms with van der Waals surface area (Å²) in [7, 11) is -5.62. The monoisotopic (exact) mass is 644 g/mol. The molecular weight excluding hydrogens is 590 g/mol. The topological polar surface area (TPSA) is 129 Å². The molecule has 9 nitrogen and oxygen atoms in total. The van der Waals surface area contributed by atoms with E-state index in [1.807, 2.05) is 19.9 Å². The molecule has 5 atom stereocenters. The number of rotatable bonds is 20. The number of esters is 1. The van der Waals surface area contributed by atoms with E-state index >= 15 is 0 Å². The number of carbonyl (C=O) groups excluding carboxylic acids is 1. The van der Waals surface area contributed by atoms with E-state index in [0.29, 0.717) is 11.7 Å². The minimum absolute atomic E-state index is 0.231. The lowest BCUT2D eigenvalue weighted by atomic mass is 9.85. The Kier molecular flexibility index (Phi) is 16.2. The summed E-state index contributed by atoms with van der Waals surface area (Å²) in [6.45, 7) is 15.4. The second kappa shape index (κ2) is 18.5. The van der Waals surface area contributed by atoms with Gasteiger partial charge in [0.05, 0.1) is 12.8 Å². The number of fused-ring (bicyclic) bond motifs is 1. The summed E-state index contributed by atoms with van der Waals surface area (Å²) in [6.07, 6.45) is 12.5. The first-order chi connectivity index (χ1) is 20.3. The van der Waals surface area contributed by atoms with Gasteiger partial charge < -0.3 is 9.47 Å². The Balaban J connectivity index is 1.86. The first kappa shape index (κ1) is 37.7. The summed E-state index contributed by atoms with van der Waals surface area (Å²) in [5.41, 5.74) is 2.47. The molecule has 1 aromatic carbocycles. The Bertz CT molecular complexity index is 1060. The van der Waals surface area contributed by atoms with Gasteiger partial charge in [-0.25, -0.2) is 10.5 Å². The van der Waals surface area contributed by atoms with Crippen molar-refractivity contribution < 1.29 is 43.3 Å². The third kappa shape index (κ3) is 12.4. The van der Waals surface area contributed by atoms with Crippen molar-refractivity contribution in [1.29, 1.82) is 0 Å². The van der Waals surface area contributed by atoms with E-state index in [2.05, 4.69) is 44.0 Å². The summed E-state index contributed by atoms with van der Waals surface area (Å²) in [6, 6.07) is 1.84. The third-order valence-corrected chi connectivity index (χ3v) is 11.8. The van der Waals surface area contributed by atoms with Crippen molar-refractivity contribution in [1.82, 2.24) is 0 Å². The van der Waals surface area contributed by atoms with Gasteiger partial charge in [-0.1, -0.05) is 72.6 Å². The van der Waals surface area contributed by atoms with Crippen LogP contribution in [0.5, 0.6) is 11.5 Å². The molecule has 1 heterocycles. The summed E-state index contributed by atoms with van der Waals surface area (Å²) in [5, 5.41) is 15.9. The molecule has 244 valence electrons. The number of benzene rings is 1. The van der Waals surface area contributed by atoms with Crippen LogP contribution in [0, 0.1) is 31.6 Å². The largest absolute Gasteiger partial charge is 0.598 e. The molecule has 0 saturated carbocycles. The average Bonchev–Trinajstić information content (AvgIpc) is 2.95. The third-order valence-electron chi connectivity index (χ3n) is 8.89. The lowest BCUT2D eigenvalue weighted by Crippen LogP contribution is -2.36. The molecule has 1 aliphatic rings. The van der Waals surface area contributed by atoms with E-state index in [1.54, 1.807) is 0 Å². The summed E-state index contributed by atoms with van der Waals surface area (Å²) in [4.78, 5) is 12.6. The van der Waals surface area contributed by atoms with Gasteiger partial charge in [0.1, 0.15) is 17.1 Å². The van der Waals surface area contributed by atoms with Crippen LogP contribution in [-0.4, -0.2) is 27.5 Å². The Labute approximate surface area is 260 Å². The fourth-order valence-electron chi connectivity index (χ4n) is 5.85. The van der Waals surface area contributed by atoms with Crippen LogP contribution < -0.4 is 9.47 Å². The van der Waals surface area contributed by atoms with E-state index < -0.39 is 27.4 Å². The van der Waals surface area contributed by atoms with Gasteiger partial charge in [0, 0.05) is 9.35 Å². The minimum atomic E-state index is -2.81. The Morgan fingerprint density at radius 3 is 2.02 bits per heavy atom. The molecule has 11 heteroatoms. The highest BCUT2D eigenvalue weighted by Gasteiger charge is 2.53. The van der Waals surface area contributed by atoms with Gasteiger partial charge in [-0.05, 0) is 96.1 Å². The van der Waals surface area contributed by atoms with Crippen LogP contribution in [0.4, 0.5) is 0 Å². The Hall–Kier alpha value is -1.47. The zero-order valence-electron chi connectivity index (χ0n) is 27.2. The number of ether oxygens (including phenoxy) is 2. The zero-order chi connectivity index (χ0) is 32.2. The van der Waals surface area contributed by atoms with Crippen molar-refractivity contribution in [3.05, 3.63) is 22.8 Å². The van der Waals surface area contributed by atoms with E-state index in [9.17, 15) is 13.9 Å². The lowest BCUT2D eigenvalue weighted by molar-refractivity contribution is -0.137. The van der Waals surface area contributed by atoms with Crippen molar-refractivity contribution in [3.63, 3.8) is 0 Å². The van der Waals surface area contributed by atoms with Crippen LogP contribution >= 0.6 is 16.1 Å². The molecule has 43 heavy (non-hydrogen) atoms. The number of aryl methyl sites for hydroxylation is 1. The first-order valence-corrected chi connectivity index (χ1v) is 18.4. The lowest BCUT2D eigenvalue weighted by Gasteiger charge is -2.37. The SMILES string of the molecule is Cc1c(OC(=O)CCC([P+](=O)OO)[P+](=O)OO)cc2c(c1C)OC(C)(CCCC(C)CCCC(C)CCCC(C)C)CC2. The van der Waals surface area contributed by atoms with Crippen LogP contribution in [0.2, 0.25) is 0 Å². The molecule has 2 N–H and O–H groups in total. The predicted molar refractivity (Wildman–Crippen MR) is 169 cm³/mol. The van der Waals surface area contributed by atoms with Gasteiger partial charge in [-0.3, -0.25) is 4.79 Å². The Morgan fingerprint density at radius 1 is 0.907 bits per heavy atom. The highest BCUT2D eigenvalue weighted by atomic mass is 31.2. The predicted octanol–water partition coefficient (Wildman–Crippen LogP) is 10.3. The van der Waals surface area contributed by atoms with Gasteiger partial charge >= 0.3 is 27.4 Å². The standard InChI is InChI=1S/C32H52O9P2/c1-22(2)11-8-12-23(3)13-9-14-24(4)15-10-19-32(7)20-18-27-21-28(25(5)26(6)31(27)39-32)38-29(33)16-17-30(42(36)40-34)43(37)41-35/h21-24,30H,8-20H2,1-7H3/p+2. The highest BCUT2D eigenvalue weighted by molar-refractivity contribution is 7.58. The molecule has 1 aromatic rings. The van der Waals surface area contributed by atoms with Crippen molar-refractivity contribution in [2.24, 2.45) is 17.8 Å². The first-order valence-electron chi connectivity index (χ1n) is 15.9. The summed E-state index contributed by atoms with van der Waals surface area (Å²) in [5.74, 6) is 2.98. The van der Waals surface area contributed by atoms with Gasteiger partial charge in [-0.15, -0.1) is 0 Å².